The first-order chi connectivity index (χ1) is 42.3. The summed E-state index contributed by atoms with van der Waals surface area (Å²) in [4.78, 5) is 104. The molecular weight excluding hydrogens is 1100 g/mol. The third-order valence-corrected chi connectivity index (χ3v) is 16.2. The van der Waals surface area contributed by atoms with Crippen LogP contribution < -0.4 is 71.6 Å². The lowest BCUT2D eigenvalue weighted by molar-refractivity contribution is -0.132. The van der Waals surface area contributed by atoms with Crippen LogP contribution in [0.2, 0.25) is 0 Å². The number of carbonyl (C=O) groups excluding carboxylic acids is 8. The van der Waals surface area contributed by atoms with E-state index in [1.54, 1.807) is 0 Å². The van der Waals surface area contributed by atoms with Crippen molar-refractivity contribution in [3.63, 3.8) is 0 Å². The maximum absolute atomic E-state index is 13.7. The van der Waals surface area contributed by atoms with Gasteiger partial charge in [0.25, 0.3) is 0 Å². The van der Waals surface area contributed by atoms with Crippen molar-refractivity contribution < 1.29 is 38.4 Å². The third-order valence-electron chi connectivity index (χ3n) is 16.2. The molecule has 0 heterocycles. The lowest BCUT2D eigenvalue weighted by atomic mass is 10.0. The molecule has 0 aliphatic heterocycles. The van der Waals surface area contributed by atoms with Crippen molar-refractivity contribution in [2.75, 3.05) is 45.8 Å². The molecule has 21 heteroatoms. The standard InChI is InChI=1S/C66H131N13O8/c1-2-3-4-5-6-9-14-20-25-45-60(81)76-57(42-30-35-50-70)65(86)78-55(40-28-33-48-68)63(84)74-53-38-23-18-13-8-11-16-21-26-46-61(82)77-58(43-31-36-51-71)66(87)79-56(41-29-34-49-69)64(85)73-52-37-22-17-12-7-10-15-19-24-44-59(80)75-54(62(72)83)39-27-32-47-67/h54-58H,2-53,67-71H2,1H3,(H2,72,83)(H,73,85)(H,74,84)(H,75,80)(H,76,81)(H,77,82)(H,78,86)(H,79,87)/t54-,55-,56-,57-,58-/m0/s1. The molecule has 21 nitrogen and oxygen atoms in total. The summed E-state index contributed by atoms with van der Waals surface area (Å²) < 4.78 is 0. The van der Waals surface area contributed by atoms with Crippen LogP contribution in [-0.2, 0) is 38.4 Å². The van der Waals surface area contributed by atoms with Crippen molar-refractivity contribution in [1.29, 1.82) is 0 Å². The van der Waals surface area contributed by atoms with Gasteiger partial charge in [-0.25, -0.2) is 0 Å². The fraction of sp³-hybridized carbons (Fsp3) is 0.879. The molecule has 19 N–H and O–H groups in total. The number of nitrogens with two attached hydrogens (primary N) is 6. The topological polar surface area (TPSA) is 377 Å². The summed E-state index contributed by atoms with van der Waals surface area (Å²) in [5.41, 5.74) is 34.0. The van der Waals surface area contributed by atoms with Crippen LogP contribution >= 0.6 is 0 Å². The van der Waals surface area contributed by atoms with Crippen LogP contribution in [0.4, 0.5) is 0 Å². The summed E-state index contributed by atoms with van der Waals surface area (Å²) in [6.07, 6.45) is 38.5. The number of rotatable bonds is 64. The first kappa shape index (κ1) is 82.6. The summed E-state index contributed by atoms with van der Waals surface area (Å²) in [6.45, 7) is 5.75. The number of unbranched alkanes of at least 4 members (excludes halogenated alkanes) is 29. The smallest absolute Gasteiger partial charge is 0.243 e. The number of hydrogen-bond acceptors (Lipinski definition) is 13. The Bertz CT molecular complexity index is 1750. The van der Waals surface area contributed by atoms with Gasteiger partial charge in [-0.2, -0.15) is 0 Å². The summed E-state index contributed by atoms with van der Waals surface area (Å²) in [5.74, 6) is -2.11. The van der Waals surface area contributed by atoms with E-state index in [1.807, 2.05) is 0 Å². The van der Waals surface area contributed by atoms with Crippen molar-refractivity contribution in [3.05, 3.63) is 0 Å². The molecule has 0 aromatic carbocycles. The zero-order chi connectivity index (χ0) is 64.2. The van der Waals surface area contributed by atoms with Crippen LogP contribution in [0.25, 0.3) is 0 Å². The van der Waals surface area contributed by atoms with E-state index in [9.17, 15) is 38.4 Å². The van der Waals surface area contributed by atoms with E-state index in [0.717, 1.165) is 161 Å². The van der Waals surface area contributed by atoms with Crippen LogP contribution in [0, 0.1) is 0 Å². The minimum Gasteiger partial charge on any atom is -0.368 e. The molecular formula is C66H131N13O8. The Hall–Kier alpha value is -4.44. The molecule has 508 valence electrons. The van der Waals surface area contributed by atoms with Gasteiger partial charge in [0.15, 0.2) is 0 Å². The maximum Gasteiger partial charge on any atom is 0.243 e. The van der Waals surface area contributed by atoms with Gasteiger partial charge in [-0.05, 0) is 161 Å². The zero-order valence-corrected chi connectivity index (χ0v) is 54.9. The van der Waals surface area contributed by atoms with E-state index >= 15 is 0 Å². The van der Waals surface area contributed by atoms with Crippen LogP contribution in [0.1, 0.15) is 296 Å². The molecule has 0 aromatic rings. The maximum atomic E-state index is 13.7. The van der Waals surface area contributed by atoms with Gasteiger partial charge in [0.05, 0.1) is 0 Å². The van der Waals surface area contributed by atoms with E-state index in [2.05, 4.69) is 44.1 Å². The highest BCUT2D eigenvalue weighted by molar-refractivity contribution is 5.93. The average molecular weight is 1230 g/mol. The van der Waals surface area contributed by atoms with E-state index in [-0.39, 0.29) is 41.4 Å². The van der Waals surface area contributed by atoms with Crippen LogP contribution in [0.15, 0.2) is 0 Å². The second-order valence-corrected chi connectivity index (χ2v) is 24.3. The minimum absolute atomic E-state index is 0.133. The zero-order valence-electron chi connectivity index (χ0n) is 54.9. The molecule has 0 aliphatic carbocycles. The van der Waals surface area contributed by atoms with Crippen molar-refractivity contribution in [2.45, 2.75) is 326 Å². The Labute approximate surface area is 527 Å². The molecule has 8 amide bonds. The van der Waals surface area contributed by atoms with E-state index in [0.29, 0.717) is 136 Å². The van der Waals surface area contributed by atoms with E-state index in [1.165, 1.54) is 38.5 Å². The van der Waals surface area contributed by atoms with Crippen LogP contribution in [0.5, 0.6) is 0 Å². The first-order valence-corrected chi connectivity index (χ1v) is 35.1. The molecule has 0 aromatic heterocycles. The predicted molar refractivity (Wildman–Crippen MR) is 354 cm³/mol. The fourth-order valence-corrected chi connectivity index (χ4v) is 10.7. The Kier molecular flexibility index (Phi) is 57.4. The monoisotopic (exact) mass is 1230 g/mol. The highest BCUT2D eigenvalue weighted by Crippen LogP contribution is 2.16. The van der Waals surface area contributed by atoms with Gasteiger partial charge in [-0.15, -0.1) is 0 Å². The number of nitrogens with one attached hydrogen (secondary N) is 7. The third kappa shape index (κ3) is 50.1. The van der Waals surface area contributed by atoms with Gasteiger partial charge >= 0.3 is 0 Å². The predicted octanol–water partition coefficient (Wildman–Crippen LogP) is 7.50. The molecule has 0 radical (unpaired) electrons. The van der Waals surface area contributed by atoms with Crippen molar-refractivity contribution in [3.8, 4) is 0 Å². The van der Waals surface area contributed by atoms with Gasteiger partial charge in [-0.1, -0.05) is 148 Å². The van der Waals surface area contributed by atoms with Crippen LogP contribution in [0.3, 0.4) is 0 Å². The normalized spacial score (nSPS) is 13.0. The molecule has 0 spiro atoms. The molecule has 0 bridgehead atoms. The molecule has 0 rings (SSSR count). The van der Waals surface area contributed by atoms with Crippen LogP contribution in [-0.4, -0.2) is 123 Å². The Balaban J connectivity index is 4.72. The summed E-state index contributed by atoms with van der Waals surface area (Å²) in [6, 6.07) is -3.57. The average Bonchev–Trinajstić information content (AvgIpc) is 3.71. The number of amides is 8. The molecule has 0 saturated heterocycles. The highest BCUT2D eigenvalue weighted by Gasteiger charge is 2.28. The Morgan fingerprint density at radius 2 is 0.494 bits per heavy atom. The SMILES string of the molecule is CCCCCCCCCCCC(=O)N[C@@H](CCCCN)C(=O)N[C@@H](CCCCN)C(=O)NCCCCCCCCCCCC(=O)N[C@@H](CCCCN)C(=O)N[C@@H](CCCCN)C(=O)NCCCCCCCCCCCC(=O)N[C@@H](CCCCN)C(N)=O. The fourth-order valence-electron chi connectivity index (χ4n) is 10.7. The molecule has 5 atom stereocenters. The number of carbonyl (C=O) groups is 8. The lowest BCUT2D eigenvalue weighted by Gasteiger charge is -2.23. The summed E-state index contributed by atoms with van der Waals surface area (Å²) in [7, 11) is 0. The second kappa shape index (κ2) is 60.5. The molecule has 0 saturated carbocycles. The van der Waals surface area contributed by atoms with E-state index in [4.69, 9.17) is 34.4 Å². The molecule has 0 unspecified atom stereocenters. The van der Waals surface area contributed by atoms with Gasteiger partial charge in [0.2, 0.25) is 47.3 Å². The van der Waals surface area contributed by atoms with E-state index < -0.39 is 36.1 Å². The van der Waals surface area contributed by atoms with Gasteiger partial charge in [0.1, 0.15) is 30.2 Å². The summed E-state index contributed by atoms with van der Waals surface area (Å²) >= 11 is 0. The lowest BCUT2D eigenvalue weighted by Crippen LogP contribution is -2.53. The van der Waals surface area contributed by atoms with Gasteiger partial charge in [0, 0.05) is 32.4 Å². The second-order valence-electron chi connectivity index (χ2n) is 24.3. The molecule has 87 heavy (non-hydrogen) atoms. The van der Waals surface area contributed by atoms with Crippen molar-refractivity contribution in [1.82, 2.24) is 37.2 Å². The largest absolute Gasteiger partial charge is 0.368 e. The quantitative estimate of drug-likeness (QED) is 0.0263. The highest BCUT2D eigenvalue weighted by atomic mass is 16.2. The van der Waals surface area contributed by atoms with Crippen molar-refractivity contribution >= 4 is 47.3 Å². The number of hydrogen-bond donors (Lipinski definition) is 13. The van der Waals surface area contributed by atoms with Crippen molar-refractivity contribution in [2.24, 2.45) is 34.4 Å². The molecule has 0 aliphatic rings. The minimum atomic E-state index is -0.767. The first-order valence-electron chi connectivity index (χ1n) is 35.1. The Morgan fingerprint density at radius 3 is 0.759 bits per heavy atom. The summed E-state index contributed by atoms with van der Waals surface area (Å²) in [5, 5.41) is 20.7. The van der Waals surface area contributed by atoms with Gasteiger partial charge in [-0.3, -0.25) is 38.4 Å². The van der Waals surface area contributed by atoms with Gasteiger partial charge < -0.3 is 71.6 Å². The number of primary amides is 1. The Morgan fingerprint density at radius 1 is 0.264 bits per heavy atom. The molecule has 0 fully saturated rings.